The molecule has 0 spiro atoms. The van der Waals surface area contributed by atoms with Gasteiger partial charge in [-0.3, -0.25) is 0 Å². The van der Waals surface area contributed by atoms with E-state index in [1.165, 1.54) is 33.1 Å². The number of fused-ring (bicyclic) bond motifs is 3. The number of para-hydroxylation sites is 3. The highest BCUT2D eigenvalue weighted by molar-refractivity contribution is 5.86. The molecule has 4 aromatic carbocycles. The second kappa shape index (κ2) is 6.17. The molecule has 0 aromatic heterocycles. The Hall–Kier alpha value is -3.36. The van der Waals surface area contributed by atoms with E-state index in [0.29, 0.717) is 0 Å². The van der Waals surface area contributed by atoms with Crippen LogP contribution < -0.4 is 10.2 Å². The zero-order valence-electron chi connectivity index (χ0n) is 14.3. The Morgan fingerprint density at radius 3 is 1.58 bits per heavy atom. The summed E-state index contributed by atoms with van der Waals surface area (Å²) in [4.78, 5) is 1.32. The summed E-state index contributed by atoms with van der Waals surface area (Å²) in [6, 6.07) is 36.3. The summed E-state index contributed by atoms with van der Waals surface area (Å²) >= 11 is 0. The average Bonchev–Trinajstić information content (AvgIpc) is 3.04. The van der Waals surface area contributed by atoms with Crippen molar-refractivity contribution in [2.24, 2.45) is 0 Å². The highest BCUT2D eigenvalue weighted by Crippen LogP contribution is 2.38. The van der Waals surface area contributed by atoms with Crippen molar-refractivity contribution in [3.63, 3.8) is 0 Å². The summed E-state index contributed by atoms with van der Waals surface area (Å²) < 4.78 is 0. The van der Waals surface area contributed by atoms with Gasteiger partial charge in [0, 0.05) is 46.8 Å². The molecule has 1 aliphatic rings. The first kappa shape index (κ1) is 14.9. The number of nitrogens with one attached hydrogen (secondary N) is 2. The minimum Gasteiger partial charge on any atom is -0.356 e. The summed E-state index contributed by atoms with van der Waals surface area (Å²) in [5.74, 6) is 0. The van der Waals surface area contributed by atoms with Crippen molar-refractivity contribution in [2.45, 2.75) is 0 Å². The van der Waals surface area contributed by atoms with E-state index in [0.717, 1.165) is 11.4 Å². The summed E-state index contributed by atoms with van der Waals surface area (Å²) in [7, 11) is 0. The van der Waals surface area contributed by atoms with Crippen LogP contribution in [0.2, 0.25) is 0 Å². The number of hydrogen-bond donors (Lipinski definition) is 2. The van der Waals surface area contributed by atoms with E-state index >= 15 is 0 Å². The lowest BCUT2D eigenvalue weighted by Crippen LogP contribution is -2.95. The lowest BCUT2D eigenvalue weighted by atomic mass is 10.1. The van der Waals surface area contributed by atoms with Crippen molar-refractivity contribution in [1.82, 2.24) is 0 Å². The Morgan fingerprint density at radius 1 is 0.462 bits per heavy atom. The molecule has 4 aromatic rings. The fourth-order valence-electron chi connectivity index (χ4n) is 3.74. The standard InChI is InChI=1S/C24H18N2/c1-2-8-18(9-3-1)25-19-14-16-20(17-15-19)26-23-12-6-4-10-21(23)22-11-5-7-13-24(22)26/h1-17,25H/p+1. The molecule has 0 fully saturated rings. The van der Waals surface area contributed by atoms with Gasteiger partial charge in [-0.25, -0.2) is 4.90 Å². The molecule has 2 N–H and O–H groups in total. The number of quaternary nitrogens is 1. The van der Waals surface area contributed by atoms with E-state index in [9.17, 15) is 0 Å². The molecule has 0 aliphatic carbocycles. The maximum atomic E-state index is 3.45. The van der Waals surface area contributed by atoms with Crippen molar-refractivity contribution < 1.29 is 4.90 Å². The van der Waals surface area contributed by atoms with E-state index < -0.39 is 0 Å². The SMILES string of the molecule is c1ccc(Nc2ccc([NH+]3c4ccccc4-c4ccccc43)cc2)cc1. The van der Waals surface area contributed by atoms with E-state index in [2.05, 4.69) is 90.2 Å². The van der Waals surface area contributed by atoms with Crippen LogP contribution >= 0.6 is 0 Å². The fraction of sp³-hybridized carbons (Fsp3) is 0. The summed E-state index contributed by atoms with van der Waals surface area (Å²) in [6.07, 6.45) is 0. The summed E-state index contributed by atoms with van der Waals surface area (Å²) in [5.41, 5.74) is 8.73. The normalized spacial score (nSPS) is 12.5. The highest BCUT2D eigenvalue weighted by Gasteiger charge is 2.32. The lowest BCUT2D eigenvalue weighted by Gasteiger charge is -2.15. The third kappa shape index (κ3) is 2.48. The van der Waals surface area contributed by atoms with Gasteiger partial charge in [-0.15, -0.1) is 0 Å². The maximum Gasteiger partial charge on any atom is 0.149 e. The molecule has 124 valence electrons. The van der Waals surface area contributed by atoms with Gasteiger partial charge in [-0.2, -0.15) is 0 Å². The molecular weight excluding hydrogens is 316 g/mol. The van der Waals surface area contributed by atoms with Gasteiger partial charge >= 0.3 is 0 Å². The molecular formula is C24H19N2+. The van der Waals surface area contributed by atoms with Crippen LogP contribution in [-0.2, 0) is 0 Å². The van der Waals surface area contributed by atoms with Crippen molar-refractivity contribution in [3.8, 4) is 11.1 Å². The minimum atomic E-state index is 1.10. The summed E-state index contributed by atoms with van der Waals surface area (Å²) in [6.45, 7) is 0. The Labute approximate surface area is 153 Å². The Morgan fingerprint density at radius 2 is 0.962 bits per heavy atom. The molecule has 0 saturated carbocycles. The van der Waals surface area contributed by atoms with Gasteiger partial charge in [0.15, 0.2) is 0 Å². The molecule has 0 atom stereocenters. The smallest absolute Gasteiger partial charge is 0.149 e. The summed E-state index contributed by atoms with van der Waals surface area (Å²) in [5, 5.41) is 3.45. The van der Waals surface area contributed by atoms with Gasteiger partial charge in [-0.05, 0) is 36.4 Å². The lowest BCUT2D eigenvalue weighted by molar-refractivity contribution is -0.677. The zero-order valence-corrected chi connectivity index (χ0v) is 14.3. The molecule has 2 nitrogen and oxygen atoms in total. The molecule has 0 saturated heterocycles. The first-order valence-corrected chi connectivity index (χ1v) is 8.89. The number of rotatable bonds is 3. The molecule has 0 unspecified atom stereocenters. The predicted molar refractivity (Wildman–Crippen MR) is 108 cm³/mol. The number of anilines is 2. The van der Waals surface area contributed by atoms with Crippen molar-refractivity contribution >= 4 is 28.4 Å². The molecule has 5 rings (SSSR count). The molecule has 0 radical (unpaired) electrons. The van der Waals surface area contributed by atoms with Crippen LogP contribution in [0.5, 0.6) is 0 Å². The van der Waals surface area contributed by atoms with E-state index in [1.54, 1.807) is 0 Å². The Bertz CT molecular complexity index is 1010. The van der Waals surface area contributed by atoms with Crippen LogP contribution in [0.3, 0.4) is 0 Å². The van der Waals surface area contributed by atoms with Crippen LogP contribution in [0.15, 0.2) is 103 Å². The van der Waals surface area contributed by atoms with Crippen LogP contribution in [0, 0.1) is 0 Å². The number of hydrogen-bond acceptors (Lipinski definition) is 1. The van der Waals surface area contributed by atoms with Crippen LogP contribution in [-0.4, -0.2) is 0 Å². The third-order valence-electron chi connectivity index (χ3n) is 4.92. The first-order valence-electron chi connectivity index (χ1n) is 8.89. The Kier molecular flexibility index (Phi) is 3.55. The average molecular weight is 335 g/mol. The quantitative estimate of drug-likeness (QED) is 0.439. The minimum absolute atomic E-state index is 1.10. The molecule has 1 aliphatic heterocycles. The predicted octanol–water partition coefficient (Wildman–Crippen LogP) is 5.59. The van der Waals surface area contributed by atoms with Gasteiger partial charge in [0.05, 0.1) is 0 Å². The molecule has 26 heavy (non-hydrogen) atoms. The van der Waals surface area contributed by atoms with Crippen molar-refractivity contribution in [1.29, 1.82) is 0 Å². The van der Waals surface area contributed by atoms with Crippen LogP contribution in [0.25, 0.3) is 11.1 Å². The highest BCUT2D eigenvalue weighted by atomic mass is 15.2. The fourth-order valence-corrected chi connectivity index (χ4v) is 3.74. The van der Waals surface area contributed by atoms with E-state index in [-0.39, 0.29) is 0 Å². The molecule has 1 heterocycles. The van der Waals surface area contributed by atoms with Gasteiger partial charge in [0.25, 0.3) is 0 Å². The maximum absolute atomic E-state index is 3.45. The number of benzene rings is 4. The molecule has 0 amide bonds. The van der Waals surface area contributed by atoms with Gasteiger partial charge in [0.1, 0.15) is 17.1 Å². The topological polar surface area (TPSA) is 16.5 Å². The zero-order chi connectivity index (χ0) is 17.3. The molecule has 0 bridgehead atoms. The van der Waals surface area contributed by atoms with Crippen molar-refractivity contribution in [3.05, 3.63) is 103 Å². The van der Waals surface area contributed by atoms with Crippen LogP contribution in [0.4, 0.5) is 28.4 Å². The Balaban J connectivity index is 1.52. The van der Waals surface area contributed by atoms with Gasteiger partial charge in [-0.1, -0.05) is 42.5 Å². The van der Waals surface area contributed by atoms with E-state index in [4.69, 9.17) is 0 Å². The largest absolute Gasteiger partial charge is 0.356 e. The van der Waals surface area contributed by atoms with Gasteiger partial charge < -0.3 is 5.32 Å². The second-order valence-electron chi connectivity index (χ2n) is 6.53. The monoisotopic (exact) mass is 335 g/mol. The van der Waals surface area contributed by atoms with E-state index in [1.807, 2.05) is 18.2 Å². The first-order chi connectivity index (χ1) is 12.9. The van der Waals surface area contributed by atoms with Crippen molar-refractivity contribution in [2.75, 3.05) is 5.32 Å². The van der Waals surface area contributed by atoms with Gasteiger partial charge in [0.2, 0.25) is 0 Å². The second-order valence-corrected chi connectivity index (χ2v) is 6.53. The van der Waals surface area contributed by atoms with Crippen LogP contribution in [0.1, 0.15) is 0 Å². The third-order valence-corrected chi connectivity index (χ3v) is 4.92. The molecule has 2 heteroatoms.